The number of hydrogen-bond donors (Lipinski definition) is 0. The lowest BCUT2D eigenvalue weighted by atomic mass is 10.1. The summed E-state index contributed by atoms with van der Waals surface area (Å²) in [5.41, 5.74) is 0. The van der Waals surface area contributed by atoms with Gasteiger partial charge in [0.2, 0.25) is 11.8 Å². The molecule has 3 rings (SSSR count). The molecule has 1 saturated heterocycles. The fourth-order valence-electron chi connectivity index (χ4n) is 3.23. The Bertz CT molecular complexity index is 664. The minimum absolute atomic E-state index is 0.133. The number of pyridine rings is 1. The SMILES string of the molecule is CS(=O)(=O)CC(=O)N1CCO[C@@H]2[C@@H](Oc3ccccn3)CC[C@H]21. The Labute approximate surface area is 135 Å². The maximum atomic E-state index is 12.3. The number of sulfone groups is 1. The first-order chi connectivity index (χ1) is 10.9. The largest absolute Gasteiger partial charge is 0.471 e. The summed E-state index contributed by atoms with van der Waals surface area (Å²) >= 11 is 0. The maximum Gasteiger partial charge on any atom is 0.238 e. The Balaban J connectivity index is 1.69. The monoisotopic (exact) mass is 340 g/mol. The van der Waals surface area contributed by atoms with Gasteiger partial charge in [-0.3, -0.25) is 4.79 Å². The van der Waals surface area contributed by atoms with Gasteiger partial charge in [-0.1, -0.05) is 6.07 Å². The molecule has 1 saturated carbocycles. The second kappa shape index (κ2) is 6.45. The molecule has 1 aliphatic carbocycles. The van der Waals surface area contributed by atoms with E-state index in [9.17, 15) is 13.2 Å². The van der Waals surface area contributed by atoms with Crippen LogP contribution in [0.1, 0.15) is 12.8 Å². The van der Waals surface area contributed by atoms with Gasteiger partial charge in [0.05, 0.1) is 12.6 Å². The van der Waals surface area contributed by atoms with E-state index in [1.165, 1.54) is 0 Å². The normalized spacial score (nSPS) is 27.5. The highest BCUT2D eigenvalue weighted by atomic mass is 32.2. The van der Waals surface area contributed by atoms with Crippen molar-refractivity contribution >= 4 is 15.7 Å². The molecular weight excluding hydrogens is 320 g/mol. The molecule has 0 N–H and O–H groups in total. The quantitative estimate of drug-likeness (QED) is 0.782. The van der Waals surface area contributed by atoms with Gasteiger partial charge in [-0.2, -0.15) is 0 Å². The molecular formula is C15H20N2O5S. The molecule has 2 heterocycles. The summed E-state index contributed by atoms with van der Waals surface area (Å²) in [6.45, 7) is 0.810. The van der Waals surface area contributed by atoms with Crippen molar-refractivity contribution < 1.29 is 22.7 Å². The number of rotatable bonds is 4. The van der Waals surface area contributed by atoms with Crippen molar-refractivity contribution in [1.29, 1.82) is 0 Å². The highest BCUT2D eigenvalue weighted by molar-refractivity contribution is 7.91. The summed E-state index contributed by atoms with van der Waals surface area (Å²) < 4.78 is 34.4. The number of hydrogen-bond acceptors (Lipinski definition) is 6. The third-order valence-corrected chi connectivity index (χ3v) is 4.92. The second-order valence-corrected chi connectivity index (χ2v) is 8.10. The molecule has 23 heavy (non-hydrogen) atoms. The van der Waals surface area contributed by atoms with E-state index in [-0.39, 0.29) is 24.2 Å². The van der Waals surface area contributed by atoms with E-state index in [1.807, 2.05) is 12.1 Å². The third kappa shape index (κ3) is 3.81. The van der Waals surface area contributed by atoms with Crippen LogP contribution in [0, 0.1) is 0 Å². The number of amides is 1. The molecule has 1 aliphatic heterocycles. The molecule has 1 amide bonds. The zero-order valence-electron chi connectivity index (χ0n) is 12.9. The molecule has 2 fully saturated rings. The van der Waals surface area contributed by atoms with Crippen molar-refractivity contribution in [1.82, 2.24) is 9.88 Å². The second-order valence-electron chi connectivity index (χ2n) is 5.96. The predicted molar refractivity (Wildman–Crippen MR) is 82.8 cm³/mol. The van der Waals surface area contributed by atoms with Crippen molar-refractivity contribution in [3.8, 4) is 5.88 Å². The summed E-state index contributed by atoms with van der Waals surface area (Å²) in [5.74, 6) is -0.284. The van der Waals surface area contributed by atoms with E-state index in [2.05, 4.69) is 4.98 Å². The van der Waals surface area contributed by atoms with Crippen molar-refractivity contribution in [2.24, 2.45) is 0 Å². The van der Waals surface area contributed by atoms with Gasteiger partial charge in [-0.15, -0.1) is 0 Å². The van der Waals surface area contributed by atoms with Crippen LogP contribution in [-0.2, 0) is 19.4 Å². The molecule has 0 radical (unpaired) electrons. The van der Waals surface area contributed by atoms with Crippen LogP contribution in [0.25, 0.3) is 0 Å². The Morgan fingerprint density at radius 2 is 2.26 bits per heavy atom. The Morgan fingerprint density at radius 1 is 1.43 bits per heavy atom. The molecule has 3 atom stereocenters. The Morgan fingerprint density at radius 3 is 2.96 bits per heavy atom. The molecule has 1 aromatic rings. The van der Waals surface area contributed by atoms with Gasteiger partial charge >= 0.3 is 0 Å². The van der Waals surface area contributed by atoms with Crippen molar-refractivity contribution in [2.45, 2.75) is 31.1 Å². The summed E-state index contributed by atoms with van der Waals surface area (Å²) in [6.07, 6.45) is 3.79. The summed E-state index contributed by atoms with van der Waals surface area (Å²) in [5, 5.41) is 0. The average Bonchev–Trinajstić information content (AvgIpc) is 2.90. The lowest BCUT2D eigenvalue weighted by molar-refractivity contribution is -0.145. The van der Waals surface area contributed by atoms with Gasteiger partial charge in [0, 0.05) is 25.1 Å². The van der Waals surface area contributed by atoms with Crippen LogP contribution in [0.15, 0.2) is 24.4 Å². The number of aromatic nitrogens is 1. The van der Waals surface area contributed by atoms with Crippen LogP contribution in [0.5, 0.6) is 5.88 Å². The van der Waals surface area contributed by atoms with E-state index in [0.29, 0.717) is 19.0 Å². The number of carbonyl (C=O) groups excluding carboxylic acids is 1. The zero-order valence-corrected chi connectivity index (χ0v) is 13.7. The van der Waals surface area contributed by atoms with Crippen molar-refractivity contribution in [3.63, 3.8) is 0 Å². The number of nitrogens with zero attached hydrogens (tertiary/aromatic N) is 2. The maximum absolute atomic E-state index is 12.3. The van der Waals surface area contributed by atoms with Gasteiger partial charge in [0.15, 0.2) is 9.84 Å². The van der Waals surface area contributed by atoms with Crippen LogP contribution in [0.4, 0.5) is 0 Å². The van der Waals surface area contributed by atoms with Gasteiger partial charge in [0.25, 0.3) is 0 Å². The molecule has 1 aromatic heterocycles. The van der Waals surface area contributed by atoms with Crippen molar-refractivity contribution in [2.75, 3.05) is 25.2 Å². The van der Waals surface area contributed by atoms with E-state index in [0.717, 1.165) is 19.1 Å². The van der Waals surface area contributed by atoms with Gasteiger partial charge in [0.1, 0.15) is 18.0 Å². The van der Waals surface area contributed by atoms with Crippen LogP contribution in [0.3, 0.4) is 0 Å². The molecule has 8 heteroatoms. The van der Waals surface area contributed by atoms with Crippen LogP contribution < -0.4 is 4.74 Å². The lowest BCUT2D eigenvalue weighted by Crippen LogP contribution is -2.55. The third-order valence-electron chi connectivity index (χ3n) is 4.15. The van der Waals surface area contributed by atoms with E-state index < -0.39 is 15.6 Å². The minimum atomic E-state index is -3.34. The summed E-state index contributed by atoms with van der Waals surface area (Å²) in [7, 11) is -3.34. The van der Waals surface area contributed by atoms with E-state index in [1.54, 1.807) is 17.2 Å². The van der Waals surface area contributed by atoms with E-state index >= 15 is 0 Å². The number of carbonyl (C=O) groups is 1. The van der Waals surface area contributed by atoms with Crippen molar-refractivity contribution in [3.05, 3.63) is 24.4 Å². The lowest BCUT2D eigenvalue weighted by Gasteiger charge is -2.38. The molecule has 2 aliphatic rings. The topological polar surface area (TPSA) is 85.8 Å². The minimum Gasteiger partial charge on any atom is -0.471 e. The molecule has 0 unspecified atom stereocenters. The molecule has 0 spiro atoms. The molecule has 0 aromatic carbocycles. The fraction of sp³-hybridized carbons (Fsp3) is 0.600. The van der Waals surface area contributed by atoms with E-state index in [4.69, 9.17) is 9.47 Å². The first kappa shape index (κ1) is 16.2. The van der Waals surface area contributed by atoms with Crippen LogP contribution in [0.2, 0.25) is 0 Å². The fourth-order valence-corrected chi connectivity index (χ4v) is 3.85. The molecule has 126 valence electrons. The first-order valence-electron chi connectivity index (χ1n) is 7.60. The first-order valence-corrected chi connectivity index (χ1v) is 9.66. The summed E-state index contributed by atoms with van der Waals surface area (Å²) in [4.78, 5) is 18.0. The Hall–Kier alpha value is -1.67. The smallest absolute Gasteiger partial charge is 0.238 e. The number of fused-ring (bicyclic) bond motifs is 1. The summed E-state index contributed by atoms with van der Waals surface area (Å²) in [6, 6.07) is 5.31. The van der Waals surface area contributed by atoms with Gasteiger partial charge in [-0.05, 0) is 18.9 Å². The zero-order chi connectivity index (χ0) is 16.4. The Kier molecular flexibility index (Phi) is 4.54. The standard InChI is InChI=1S/C15H20N2O5S/c1-23(19,20)10-14(18)17-8-9-21-15-11(17)5-6-12(15)22-13-4-2-3-7-16-13/h2-4,7,11-12,15H,5-6,8-10H2,1H3/t11-,12+,15+/m1/s1. The van der Waals surface area contributed by atoms with Crippen LogP contribution in [-0.4, -0.2) is 67.6 Å². The highest BCUT2D eigenvalue weighted by Gasteiger charge is 2.46. The van der Waals surface area contributed by atoms with Gasteiger partial charge in [-0.25, -0.2) is 13.4 Å². The highest BCUT2D eigenvalue weighted by Crippen LogP contribution is 2.32. The molecule has 0 bridgehead atoms. The van der Waals surface area contributed by atoms with Crippen LogP contribution >= 0.6 is 0 Å². The number of ether oxygens (including phenoxy) is 2. The predicted octanol–water partition coefficient (Wildman–Crippen LogP) is 0.263. The molecule has 7 nitrogen and oxygen atoms in total. The number of morpholine rings is 1. The average molecular weight is 340 g/mol. The van der Waals surface area contributed by atoms with Gasteiger partial charge < -0.3 is 14.4 Å².